The number of non-ortho nitro benzene ring substituents is 1. The van der Waals surface area contributed by atoms with E-state index in [1.54, 1.807) is 12.1 Å². The minimum Gasteiger partial charge on any atom is -0.258 e. The summed E-state index contributed by atoms with van der Waals surface area (Å²) >= 11 is 7.52. The molecule has 1 unspecified atom stereocenters. The maximum atomic E-state index is 10.6. The van der Waals surface area contributed by atoms with E-state index >= 15 is 0 Å². The van der Waals surface area contributed by atoms with E-state index < -0.39 is 4.92 Å². The van der Waals surface area contributed by atoms with Crippen LogP contribution in [0.2, 0.25) is 5.02 Å². The molecule has 0 saturated carbocycles. The molecular weight excluding hydrogens is 274 g/mol. The summed E-state index contributed by atoms with van der Waals surface area (Å²) in [6, 6.07) is 4.44. The van der Waals surface area contributed by atoms with Crippen molar-refractivity contribution in [3.8, 4) is 0 Å². The molecule has 0 aliphatic heterocycles. The molecule has 0 fully saturated rings. The fourth-order valence-corrected chi connectivity index (χ4v) is 2.59. The number of halogens is 1. The Morgan fingerprint density at radius 2 is 2.22 bits per heavy atom. The van der Waals surface area contributed by atoms with Crippen LogP contribution < -0.4 is 0 Å². The fraction of sp³-hybridized carbons (Fsp3) is 0.333. The Morgan fingerprint density at radius 3 is 2.78 bits per heavy atom. The summed E-state index contributed by atoms with van der Waals surface area (Å²) in [6.07, 6.45) is 4.18. The molecule has 0 heterocycles. The molecule has 0 aliphatic rings. The van der Waals surface area contributed by atoms with Gasteiger partial charge in [-0.1, -0.05) is 30.7 Å². The van der Waals surface area contributed by atoms with Gasteiger partial charge in [0.15, 0.2) is 0 Å². The third-order valence-corrected chi connectivity index (χ3v) is 3.81. The molecule has 0 spiro atoms. The van der Waals surface area contributed by atoms with Crippen LogP contribution in [-0.2, 0) is 5.11 Å². The average molecular weight is 287 g/mol. The highest BCUT2D eigenvalue weighted by molar-refractivity contribution is 8.00. The molecule has 0 aromatic heterocycles. The Kier molecular flexibility index (Phi) is 6.18. The molecule has 0 N–H and O–H groups in total. The third kappa shape index (κ3) is 4.68. The van der Waals surface area contributed by atoms with Crippen molar-refractivity contribution in [2.45, 2.75) is 23.5 Å². The van der Waals surface area contributed by atoms with E-state index in [9.17, 15) is 15.2 Å². The smallest absolute Gasteiger partial charge is 0.258 e. The molecule has 1 rings (SSSR count). The molecule has 97 valence electrons. The van der Waals surface area contributed by atoms with Crippen molar-refractivity contribution >= 4 is 29.1 Å². The maximum absolute atomic E-state index is 10.6. The van der Waals surface area contributed by atoms with Crippen molar-refractivity contribution in [2.24, 2.45) is 0 Å². The first-order chi connectivity index (χ1) is 8.54. The lowest BCUT2D eigenvalue weighted by Gasteiger charge is -2.09. The van der Waals surface area contributed by atoms with Gasteiger partial charge in [-0.25, -0.2) is 5.11 Å². The first-order valence-corrected chi connectivity index (χ1v) is 6.64. The van der Waals surface area contributed by atoms with Crippen LogP contribution in [0.4, 0.5) is 5.69 Å². The van der Waals surface area contributed by atoms with Gasteiger partial charge in [0.05, 0.1) is 9.95 Å². The van der Waals surface area contributed by atoms with Gasteiger partial charge in [0.1, 0.15) is 6.61 Å². The number of hydrogen-bond acceptors (Lipinski definition) is 3. The normalized spacial score (nSPS) is 12.8. The summed E-state index contributed by atoms with van der Waals surface area (Å²) in [5.74, 6) is 0. The second-order valence-electron chi connectivity index (χ2n) is 3.67. The van der Waals surface area contributed by atoms with Gasteiger partial charge in [0.25, 0.3) is 5.69 Å². The zero-order valence-electron chi connectivity index (χ0n) is 9.84. The van der Waals surface area contributed by atoms with Gasteiger partial charge >= 0.3 is 0 Å². The highest BCUT2D eigenvalue weighted by atomic mass is 35.5. The monoisotopic (exact) mass is 286 g/mol. The lowest BCUT2D eigenvalue weighted by atomic mass is 10.3. The highest BCUT2D eigenvalue weighted by Gasteiger charge is 2.11. The number of nitro groups is 1. The Morgan fingerprint density at radius 1 is 1.50 bits per heavy atom. The van der Waals surface area contributed by atoms with Crippen LogP contribution in [0.5, 0.6) is 0 Å². The SMILES string of the molecule is CC(CC=CC[O])Sc1ccc([N+](=O)[O-])cc1Cl. The number of benzene rings is 1. The van der Waals surface area contributed by atoms with Crippen molar-refractivity contribution in [3.05, 3.63) is 45.5 Å². The predicted octanol–water partition coefficient (Wildman–Crippen LogP) is 4.11. The number of hydrogen-bond donors (Lipinski definition) is 0. The van der Waals surface area contributed by atoms with Gasteiger partial charge in [-0.15, -0.1) is 11.8 Å². The van der Waals surface area contributed by atoms with Crippen molar-refractivity contribution < 1.29 is 10.0 Å². The van der Waals surface area contributed by atoms with Crippen LogP contribution in [0, 0.1) is 10.1 Å². The van der Waals surface area contributed by atoms with E-state index in [2.05, 4.69) is 0 Å². The van der Waals surface area contributed by atoms with Crippen LogP contribution in [0.25, 0.3) is 0 Å². The molecular formula is C12H13ClNO3S. The zero-order chi connectivity index (χ0) is 13.5. The Balaban J connectivity index is 2.67. The number of rotatable bonds is 6. The fourth-order valence-electron chi connectivity index (χ4n) is 1.32. The molecule has 0 bridgehead atoms. The van der Waals surface area contributed by atoms with Gasteiger partial charge in [-0.2, -0.15) is 0 Å². The van der Waals surface area contributed by atoms with Crippen LogP contribution >= 0.6 is 23.4 Å². The second-order valence-corrected chi connectivity index (χ2v) is 5.56. The van der Waals surface area contributed by atoms with Crippen molar-refractivity contribution in [1.29, 1.82) is 0 Å². The summed E-state index contributed by atoms with van der Waals surface area (Å²) in [4.78, 5) is 10.9. The predicted molar refractivity (Wildman–Crippen MR) is 72.7 cm³/mol. The lowest BCUT2D eigenvalue weighted by Crippen LogP contribution is -1.94. The molecule has 1 aromatic carbocycles. The molecule has 1 atom stereocenters. The maximum Gasteiger partial charge on any atom is 0.270 e. The van der Waals surface area contributed by atoms with Crippen molar-refractivity contribution in [2.75, 3.05) is 6.61 Å². The van der Waals surface area contributed by atoms with Crippen LogP contribution in [0.15, 0.2) is 35.2 Å². The minimum absolute atomic E-state index is 0.0109. The van der Waals surface area contributed by atoms with E-state index in [1.165, 1.54) is 23.9 Å². The van der Waals surface area contributed by atoms with Gasteiger partial charge in [0, 0.05) is 22.3 Å². The lowest BCUT2D eigenvalue weighted by molar-refractivity contribution is -0.384. The quantitative estimate of drug-likeness (QED) is 0.342. The first kappa shape index (κ1) is 15.0. The number of allylic oxidation sites excluding steroid dienone is 1. The molecule has 18 heavy (non-hydrogen) atoms. The van der Waals surface area contributed by atoms with Crippen LogP contribution in [0.3, 0.4) is 0 Å². The number of nitrogens with zero attached hydrogens (tertiary/aromatic N) is 1. The Labute approximate surface area is 115 Å². The van der Waals surface area contributed by atoms with Crippen molar-refractivity contribution in [1.82, 2.24) is 0 Å². The van der Waals surface area contributed by atoms with E-state index in [0.29, 0.717) is 5.02 Å². The summed E-state index contributed by atoms with van der Waals surface area (Å²) in [5, 5.41) is 21.4. The second kappa shape index (κ2) is 7.41. The largest absolute Gasteiger partial charge is 0.270 e. The Bertz CT molecular complexity index is 451. The van der Waals surface area contributed by atoms with Gasteiger partial charge in [-0.3, -0.25) is 10.1 Å². The standard InChI is InChI=1S/C12H13ClNO3S/c1-9(4-2-3-7-15)18-12-6-5-10(14(16)17)8-11(12)13/h2-3,5-6,8-9H,4,7H2,1H3. The molecule has 0 aliphatic carbocycles. The molecule has 6 heteroatoms. The molecule has 4 nitrogen and oxygen atoms in total. The van der Waals surface area contributed by atoms with E-state index in [4.69, 9.17) is 11.6 Å². The molecule has 1 aromatic rings. The van der Waals surface area contributed by atoms with E-state index in [-0.39, 0.29) is 17.5 Å². The van der Waals surface area contributed by atoms with Crippen LogP contribution in [0.1, 0.15) is 13.3 Å². The van der Waals surface area contributed by atoms with Gasteiger partial charge < -0.3 is 0 Å². The summed E-state index contributed by atoms with van der Waals surface area (Å²) in [6.45, 7) is 1.80. The third-order valence-electron chi connectivity index (χ3n) is 2.19. The van der Waals surface area contributed by atoms with E-state index in [1.807, 2.05) is 13.0 Å². The molecule has 0 amide bonds. The first-order valence-electron chi connectivity index (χ1n) is 5.38. The van der Waals surface area contributed by atoms with E-state index in [0.717, 1.165) is 11.3 Å². The van der Waals surface area contributed by atoms with Gasteiger partial charge in [-0.05, 0) is 12.5 Å². The summed E-state index contributed by atoms with van der Waals surface area (Å²) < 4.78 is 0. The number of thioether (sulfide) groups is 1. The van der Waals surface area contributed by atoms with Crippen LogP contribution in [-0.4, -0.2) is 16.8 Å². The highest BCUT2D eigenvalue weighted by Crippen LogP contribution is 2.33. The molecule has 0 saturated heterocycles. The zero-order valence-corrected chi connectivity index (χ0v) is 11.4. The topological polar surface area (TPSA) is 63.0 Å². The average Bonchev–Trinajstić information content (AvgIpc) is 2.32. The summed E-state index contributed by atoms with van der Waals surface area (Å²) in [5.41, 5.74) is -0.0109. The summed E-state index contributed by atoms with van der Waals surface area (Å²) in [7, 11) is 0. The Hall–Kier alpha value is -1.04. The molecule has 1 radical (unpaired) electrons. The van der Waals surface area contributed by atoms with Gasteiger partial charge in [0.2, 0.25) is 0 Å². The minimum atomic E-state index is -0.471. The van der Waals surface area contributed by atoms with Crippen molar-refractivity contribution in [3.63, 3.8) is 0 Å². The number of nitro benzene ring substituents is 1.